The molecule has 0 bridgehead atoms. The number of likely N-dealkylation sites (tertiary alicyclic amines) is 1. The fourth-order valence-electron chi connectivity index (χ4n) is 6.30. The van der Waals surface area contributed by atoms with Gasteiger partial charge in [0.1, 0.15) is 5.75 Å². The van der Waals surface area contributed by atoms with Crippen LogP contribution in [0, 0.1) is 11.3 Å². The standard InChI is InChI=1S/C30H49N3O4/c1-5-7-15-32(16-9-8-14-31)27(34)21-33-20-24(22-10-11-26-23(18-22)12-17-37-26)28(29(35)36)25(33)19-30(3,4)13-6-2/h10-11,18,24-25,28H,5-9,12-17,19-21,31H2,1-4H3,(H,35,36). The van der Waals surface area contributed by atoms with Gasteiger partial charge in [0, 0.05) is 38.0 Å². The van der Waals surface area contributed by atoms with E-state index in [2.05, 4.69) is 38.7 Å². The van der Waals surface area contributed by atoms with Gasteiger partial charge in [0.2, 0.25) is 5.91 Å². The Labute approximate surface area is 223 Å². The molecule has 0 spiro atoms. The van der Waals surface area contributed by atoms with Gasteiger partial charge in [0.25, 0.3) is 0 Å². The number of rotatable bonds is 15. The van der Waals surface area contributed by atoms with E-state index in [1.807, 2.05) is 17.0 Å². The lowest BCUT2D eigenvalue weighted by molar-refractivity contribution is -0.144. The van der Waals surface area contributed by atoms with Gasteiger partial charge < -0.3 is 20.5 Å². The lowest BCUT2D eigenvalue weighted by Gasteiger charge is -2.35. The molecule has 2 heterocycles. The van der Waals surface area contributed by atoms with Crippen LogP contribution in [-0.4, -0.2) is 72.2 Å². The molecule has 1 saturated heterocycles. The maximum absolute atomic E-state index is 13.6. The maximum Gasteiger partial charge on any atom is 0.308 e. The first kappa shape index (κ1) is 29.4. The number of aliphatic carboxylic acids is 1. The van der Waals surface area contributed by atoms with Crippen molar-refractivity contribution in [3.05, 3.63) is 29.3 Å². The van der Waals surface area contributed by atoms with Crippen LogP contribution in [0.15, 0.2) is 18.2 Å². The summed E-state index contributed by atoms with van der Waals surface area (Å²) in [6.45, 7) is 12.4. The first-order valence-corrected chi connectivity index (χ1v) is 14.4. The first-order chi connectivity index (χ1) is 17.7. The van der Waals surface area contributed by atoms with Gasteiger partial charge in [-0.2, -0.15) is 0 Å². The van der Waals surface area contributed by atoms with E-state index < -0.39 is 11.9 Å². The fourth-order valence-corrected chi connectivity index (χ4v) is 6.30. The number of benzene rings is 1. The molecule has 1 aromatic carbocycles. The Morgan fingerprint density at radius 2 is 1.92 bits per heavy atom. The zero-order valence-corrected chi connectivity index (χ0v) is 23.5. The van der Waals surface area contributed by atoms with Crippen LogP contribution in [0.4, 0.5) is 0 Å². The van der Waals surface area contributed by atoms with E-state index in [0.717, 1.165) is 74.8 Å². The minimum Gasteiger partial charge on any atom is -0.493 e. The molecule has 0 aliphatic carbocycles. The minimum absolute atomic E-state index is 0.00188. The normalized spacial score (nSPS) is 21.6. The largest absolute Gasteiger partial charge is 0.493 e. The zero-order valence-electron chi connectivity index (χ0n) is 23.5. The monoisotopic (exact) mass is 515 g/mol. The third-order valence-corrected chi connectivity index (χ3v) is 8.22. The van der Waals surface area contributed by atoms with Crippen molar-refractivity contribution < 1.29 is 19.4 Å². The number of hydrogen-bond acceptors (Lipinski definition) is 5. The maximum atomic E-state index is 13.6. The second-order valence-corrected chi connectivity index (χ2v) is 11.8. The molecule has 1 aromatic rings. The van der Waals surface area contributed by atoms with Gasteiger partial charge in [-0.05, 0) is 61.3 Å². The van der Waals surface area contributed by atoms with E-state index in [4.69, 9.17) is 10.5 Å². The third-order valence-electron chi connectivity index (χ3n) is 8.22. The Morgan fingerprint density at radius 1 is 1.16 bits per heavy atom. The molecule has 2 aliphatic rings. The summed E-state index contributed by atoms with van der Waals surface area (Å²) in [5.74, 6) is -0.452. The van der Waals surface area contributed by atoms with Crippen LogP contribution in [0.25, 0.3) is 0 Å². The highest BCUT2D eigenvalue weighted by molar-refractivity contribution is 5.79. The summed E-state index contributed by atoms with van der Waals surface area (Å²) in [6.07, 6.45) is 7.50. The summed E-state index contributed by atoms with van der Waals surface area (Å²) in [4.78, 5) is 30.6. The molecule has 3 unspecified atom stereocenters. The number of nitrogens with zero attached hydrogens (tertiary/aromatic N) is 2. The molecule has 1 amide bonds. The lowest BCUT2D eigenvalue weighted by Crippen LogP contribution is -2.46. The number of ether oxygens (including phenoxy) is 1. The van der Waals surface area contributed by atoms with Crippen molar-refractivity contribution in [1.82, 2.24) is 9.80 Å². The van der Waals surface area contributed by atoms with Crippen molar-refractivity contribution in [3.63, 3.8) is 0 Å². The highest BCUT2D eigenvalue weighted by Crippen LogP contribution is 2.44. The van der Waals surface area contributed by atoms with Crippen LogP contribution >= 0.6 is 0 Å². The number of unbranched alkanes of at least 4 members (excludes halogenated alkanes) is 2. The van der Waals surface area contributed by atoms with E-state index in [1.54, 1.807) is 0 Å². The molecule has 0 aromatic heterocycles. The predicted octanol–water partition coefficient (Wildman–Crippen LogP) is 4.67. The number of fused-ring (bicyclic) bond motifs is 1. The molecule has 37 heavy (non-hydrogen) atoms. The molecule has 1 fully saturated rings. The van der Waals surface area contributed by atoms with Gasteiger partial charge in [-0.1, -0.05) is 52.7 Å². The Morgan fingerprint density at radius 3 is 2.59 bits per heavy atom. The molecule has 3 N–H and O–H groups in total. The average Bonchev–Trinajstić information content (AvgIpc) is 3.45. The molecule has 0 saturated carbocycles. The average molecular weight is 516 g/mol. The van der Waals surface area contributed by atoms with Crippen molar-refractivity contribution >= 4 is 11.9 Å². The number of carboxylic acid groups (broad SMARTS) is 1. The Hall–Kier alpha value is -2.12. The lowest BCUT2D eigenvalue weighted by atomic mass is 9.76. The Kier molecular flexibility index (Phi) is 10.8. The molecule has 7 heteroatoms. The number of carboxylic acids is 1. The molecule has 0 radical (unpaired) electrons. The van der Waals surface area contributed by atoms with Crippen molar-refractivity contribution in [1.29, 1.82) is 0 Å². The van der Waals surface area contributed by atoms with E-state index in [0.29, 0.717) is 26.2 Å². The van der Waals surface area contributed by atoms with Gasteiger partial charge in [-0.3, -0.25) is 14.5 Å². The van der Waals surface area contributed by atoms with Crippen LogP contribution in [0.1, 0.15) is 89.7 Å². The van der Waals surface area contributed by atoms with Gasteiger partial charge in [-0.15, -0.1) is 0 Å². The number of carbonyl (C=O) groups is 2. The van der Waals surface area contributed by atoms with Crippen LogP contribution in [0.3, 0.4) is 0 Å². The van der Waals surface area contributed by atoms with Gasteiger partial charge in [-0.25, -0.2) is 0 Å². The summed E-state index contributed by atoms with van der Waals surface area (Å²) < 4.78 is 5.69. The van der Waals surface area contributed by atoms with Crippen molar-refractivity contribution in [2.75, 3.05) is 39.3 Å². The zero-order chi connectivity index (χ0) is 27.0. The van der Waals surface area contributed by atoms with E-state index in [9.17, 15) is 14.7 Å². The van der Waals surface area contributed by atoms with Gasteiger partial charge in [0.05, 0.1) is 19.1 Å². The van der Waals surface area contributed by atoms with Crippen molar-refractivity contribution in [2.45, 2.75) is 91.0 Å². The summed E-state index contributed by atoms with van der Waals surface area (Å²) >= 11 is 0. The highest BCUT2D eigenvalue weighted by atomic mass is 16.5. The predicted molar refractivity (Wildman–Crippen MR) is 148 cm³/mol. The number of nitrogens with two attached hydrogens (primary N) is 1. The third kappa shape index (κ3) is 7.70. The molecular weight excluding hydrogens is 466 g/mol. The minimum atomic E-state index is -0.764. The number of amides is 1. The van der Waals surface area contributed by atoms with Crippen LogP contribution in [-0.2, 0) is 16.0 Å². The Bertz CT molecular complexity index is 903. The number of hydrogen-bond donors (Lipinski definition) is 2. The van der Waals surface area contributed by atoms with Crippen molar-refractivity contribution in [3.8, 4) is 5.75 Å². The van der Waals surface area contributed by atoms with E-state index >= 15 is 0 Å². The Balaban J connectivity index is 1.88. The highest BCUT2D eigenvalue weighted by Gasteiger charge is 2.48. The smallest absolute Gasteiger partial charge is 0.308 e. The van der Waals surface area contributed by atoms with E-state index in [-0.39, 0.29) is 29.8 Å². The molecule has 2 aliphatic heterocycles. The molecule has 208 valence electrons. The molecule has 3 atom stereocenters. The molecule has 3 rings (SSSR count). The molecular formula is C30H49N3O4. The van der Waals surface area contributed by atoms with Crippen molar-refractivity contribution in [2.24, 2.45) is 17.1 Å². The SMILES string of the molecule is CCCCN(CCCCN)C(=O)CN1CC(c2ccc3c(c2)CCO3)C(C(=O)O)C1CC(C)(C)CCC. The fraction of sp³-hybridized carbons (Fsp3) is 0.733. The van der Waals surface area contributed by atoms with Crippen LogP contribution in [0.5, 0.6) is 5.75 Å². The first-order valence-electron chi connectivity index (χ1n) is 14.4. The van der Waals surface area contributed by atoms with Gasteiger partial charge in [0.15, 0.2) is 0 Å². The summed E-state index contributed by atoms with van der Waals surface area (Å²) in [6, 6.07) is 5.98. The molecule has 7 nitrogen and oxygen atoms in total. The summed E-state index contributed by atoms with van der Waals surface area (Å²) in [5.41, 5.74) is 7.90. The summed E-state index contributed by atoms with van der Waals surface area (Å²) in [5, 5.41) is 10.5. The quantitative estimate of drug-likeness (QED) is 0.330. The second kappa shape index (κ2) is 13.6. The topological polar surface area (TPSA) is 96.1 Å². The second-order valence-electron chi connectivity index (χ2n) is 11.8. The van der Waals surface area contributed by atoms with Crippen LogP contribution < -0.4 is 10.5 Å². The van der Waals surface area contributed by atoms with Gasteiger partial charge >= 0.3 is 5.97 Å². The number of carbonyl (C=O) groups excluding carboxylic acids is 1. The summed E-state index contributed by atoms with van der Waals surface area (Å²) in [7, 11) is 0. The van der Waals surface area contributed by atoms with Crippen LogP contribution in [0.2, 0.25) is 0 Å². The van der Waals surface area contributed by atoms with E-state index in [1.165, 1.54) is 0 Å².